The minimum Gasteiger partial charge on any atom is -0.354 e. The van der Waals surface area contributed by atoms with Gasteiger partial charge >= 0.3 is 0 Å². The number of benzene rings is 1. The largest absolute Gasteiger partial charge is 0.354 e. The van der Waals surface area contributed by atoms with E-state index in [2.05, 4.69) is 35.8 Å². The molecule has 0 bridgehead atoms. The van der Waals surface area contributed by atoms with E-state index in [-0.39, 0.29) is 5.91 Å². The van der Waals surface area contributed by atoms with E-state index < -0.39 is 0 Å². The normalized spacial score (nSPS) is 14.7. The van der Waals surface area contributed by atoms with Crippen LogP contribution in [0.1, 0.15) is 42.4 Å². The number of piperazine rings is 1. The maximum absolute atomic E-state index is 12.4. The minimum absolute atomic E-state index is 0.0575. The summed E-state index contributed by atoms with van der Waals surface area (Å²) in [7, 11) is 1.83. The van der Waals surface area contributed by atoms with Crippen molar-refractivity contribution in [2.45, 2.75) is 38.1 Å². The number of nitrogens with zero attached hydrogens (tertiary/aromatic N) is 5. The molecule has 1 aromatic carbocycles. The lowest BCUT2D eigenvalue weighted by atomic mass is 10.1. The average molecular weight is 428 g/mol. The lowest BCUT2D eigenvalue weighted by Crippen LogP contribution is -2.46. The number of likely N-dealkylation sites (N-methyl/N-ethyl adjacent to an activating group) is 1. The maximum atomic E-state index is 12.4. The summed E-state index contributed by atoms with van der Waals surface area (Å²) in [5.74, 6) is 1.84. The number of amides is 1. The van der Waals surface area contributed by atoms with Crippen molar-refractivity contribution >= 4 is 23.5 Å². The number of hydrogen-bond acceptors (Lipinski definition) is 6. The van der Waals surface area contributed by atoms with Crippen LogP contribution in [0.4, 0.5) is 5.82 Å². The predicted molar refractivity (Wildman–Crippen MR) is 124 cm³/mol. The van der Waals surface area contributed by atoms with Crippen LogP contribution in [0.15, 0.2) is 35.5 Å². The van der Waals surface area contributed by atoms with Gasteiger partial charge in [0.25, 0.3) is 5.91 Å². The molecule has 2 heterocycles. The average Bonchev–Trinajstić information content (AvgIpc) is 2.81. The lowest BCUT2D eigenvalue weighted by molar-refractivity contribution is 0.0802. The number of thioether (sulfide) groups is 1. The summed E-state index contributed by atoms with van der Waals surface area (Å²) in [6.45, 7) is 12.3. The van der Waals surface area contributed by atoms with E-state index in [1.165, 1.54) is 0 Å². The number of rotatable bonds is 8. The van der Waals surface area contributed by atoms with E-state index in [1.54, 1.807) is 16.7 Å². The molecule has 0 atom stereocenters. The van der Waals surface area contributed by atoms with Crippen molar-refractivity contribution in [3.05, 3.63) is 47.2 Å². The molecule has 1 amide bonds. The molecular weight excluding hydrogens is 394 g/mol. The summed E-state index contributed by atoms with van der Waals surface area (Å²) in [5.41, 5.74) is 2.92. The molecular formula is C23H33N5OS. The van der Waals surface area contributed by atoms with Gasteiger partial charge in [-0.25, -0.2) is 9.97 Å². The Morgan fingerprint density at radius 2 is 1.87 bits per heavy atom. The molecule has 0 spiro atoms. The van der Waals surface area contributed by atoms with Crippen LogP contribution in [0.2, 0.25) is 0 Å². The molecule has 0 saturated carbocycles. The van der Waals surface area contributed by atoms with Gasteiger partial charge in [0.15, 0.2) is 5.16 Å². The molecule has 30 heavy (non-hydrogen) atoms. The zero-order chi connectivity index (χ0) is 21.5. The topological polar surface area (TPSA) is 52.6 Å². The van der Waals surface area contributed by atoms with Crippen LogP contribution in [0.25, 0.3) is 0 Å². The highest BCUT2D eigenvalue weighted by molar-refractivity contribution is 7.98. The molecule has 0 radical (unpaired) electrons. The van der Waals surface area contributed by atoms with Crippen molar-refractivity contribution in [2.75, 3.05) is 51.2 Å². The fraction of sp³-hybridized carbons (Fsp3) is 0.522. The Hall–Kier alpha value is -2.12. The van der Waals surface area contributed by atoms with Crippen molar-refractivity contribution in [1.82, 2.24) is 19.8 Å². The molecule has 1 aromatic heterocycles. The zero-order valence-corrected chi connectivity index (χ0v) is 19.4. The molecule has 6 nitrogen and oxygen atoms in total. The number of carbonyl (C=O) groups is 1. The quantitative estimate of drug-likeness (QED) is 0.474. The van der Waals surface area contributed by atoms with E-state index >= 15 is 0 Å². The molecule has 0 N–H and O–H groups in total. The third-order valence-electron chi connectivity index (χ3n) is 5.61. The molecule has 0 unspecified atom stereocenters. The van der Waals surface area contributed by atoms with Gasteiger partial charge in [-0.05, 0) is 37.6 Å². The predicted octanol–water partition coefficient (Wildman–Crippen LogP) is 3.57. The van der Waals surface area contributed by atoms with Crippen molar-refractivity contribution < 1.29 is 4.79 Å². The van der Waals surface area contributed by atoms with E-state index in [9.17, 15) is 4.79 Å². The van der Waals surface area contributed by atoms with Gasteiger partial charge in [-0.15, -0.1) is 0 Å². The van der Waals surface area contributed by atoms with Crippen LogP contribution in [-0.4, -0.2) is 72.0 Å². The summed E-state index contributed by atoms with van der Waals surface area (Å²) in [6, 6.07) is 10.0. The van der Waals surface area contributed by atoms with Crippen molar-refractivity contribution in [3.63, 3.8) is 0 Å². The summed E-state index contributed by atoms with van der Waals surface area (Å²) >= 11 is 1.64. The Bertz CT molecular complexity index is 851. The first-order chi connectivity index (χ1) is 14.5. The van der Waals surface area contributed by atoms with Crippen LogP contribution >= 0.6 is 11.8 Å². The highest BCUT2D eigenvalue weighted by Crippen LogP contribution is 2.24. The van der Waals surface area contributed by atoms with E-state index in [4.69, 9.17) is 9.97 Å². The van der Waals surface area contributed by atoms with Gasteiger partial charge in [-0.1, -0.05) is 37.7 Å². The Morgan fingerprint density at radius 1 is 1.10 bits per heavy atom. The maximum Gasteiger partial charge on any atom is 0.253 e. The lowest BCUT2D eigenvalue weighted by Gasteiger charge is -2.34. The third kappa shape index (κ3) is 5.73. The van der Waals surface area contributed by atoms with Crippen molar-refractivity contribution in [3.8, 4) is 0 Å². The summed E-state index contributed by atoms with van der Waals surface area (Å²) < 4.78 is 0. The highest BCUT2D eigenvalue weighted by Gasteiger charge is 2.18. The fourth-order valence-corrected chi connectivity index (χ4v) is 4.28. The Kier molecular flexibility index (Phi) is 8.10. The fourth-order valence-electron chi connectivity index (χ4n) is 3.47. The van der Waals surface area contributed by atoms with Crippen LogP contribution < -0.4 is 4.90 Å². The number of aromatic nitrogens is 2. The second-order valence-electron chi connectivity index (χ2n) is 7.58. The van der Waals surface area contributed by atoms with Gasteiger partial charge in [0.1, 0.15) is 5.82 Å². The SMILES string of the molecule is CCc1cc(N2CCN(CC)CC2)nc(SCc2cccc(C(=O)N(C)CC)c2)n1. The Labute approximate surface area is 184 Å². The Morgan fingerprint density at radius 3 is 2.53 bits per heavy atom. The van der Waals surface area contributed by atoms with E-state index in [0.717, 1.165) is 72.7 Å². The van der Waals surface area contributed by atoms with Gasteiger partial charge < -0.3 is 14.7 Å². The van der Waals surface area contributed by atoms with Gasteiger partial charge in [0.2, 0.25) is 0 Å². The number of hydrogen-bond donors (Lipinski definition) is 0. The third-order valence-corrected chi connectivity index (χ3v) is 6.53. The van der Waals surface area contributed by atoms with E-state index in [0.29, 0.717) is 6.54 Å². The van der Waals surface area contributed by atoms with E-state index in [1.807, 2.05) is 32.2 Å². The van der Waals surface area contributed by atoms with Crippen molar-refractivity contribution in [1.29, 1.82) is 0 Å². The van der Waals surface area contributed by atoms with Crippen LogP contribution in [0.5, 0.6) is 0 Å². The summed E-state index contributed by atoms with van der Waals surface area (Å²) in [5, 5.41) is 0.810. The Balaban J connectivity index is 1.70. The number of carbonyl (C=O) groups excluding carboxylic acids is 1. The second kappa shape index (κ2) is 10.8. The minimum atomic E-state index is 0.0575. The van der Waals surface area contributed by atoms with Crippen LogP contribution in [-0.2, 0) is 12.2 Å². The second-order valence-corrected chi connectivity index (χ2v) is 8.53. The van der Waals surface area contributed by atoms with Gasteiger partial charge in [-0.2, -0.15) is 0 Å². The number of anilines is 1. The molecule has 1 saturated heterocycles. The standard InChI is InChI=1S/C23H33N5OS/c1-5-20-16-21(28-13-11-27(7-3)12-14-28)25-23(24-20)30-17-18-9-8-10-19(15-18)22(29)26(4)6-2/h8-10,15-16H,5-7,11-14,17H2,1-4H3. The zero-order valence-electron chi connectivity index (χ0n) is 18.6. The molecule has 7 heteroatoms. The molecule has 1 aliphatic heterocycles. The smallest absolute Gasteiger partial charge is 0.253 e. The van der Waals surface area contributed by atoms with Crippen molar-refractivity contribution in [2.24, 2.45) is 0 Å². The van der Waals surface area contributed by atoms with Gasteiger partial charge in [-0.3, -0.25) is 4.79 Å². The molecule has 3 rings (SSSR count). The van der Waals surface area contributed by atoms with Crippen LogP contribution in [0.3, 0.4) is 0 Å². The van der Waals surface area contributed by atoms with Gasteiger partial charge in [0.05, 0.1) is 0 Å². The number of aryl methyl sites for hydroxylation is 1. The molecule has 0 aliphatic carbocycles. The molecule has 162 valence electrons. The van der Waals surface area contributed by atoms with Crippen LogP contribution in [0, 0.1) is 0 Å². The first-order valence-electron chi connectivity index (χ1n) is 10.9. The molecule has 1 fully saturated rings. The molecule has 1 aliphatic rings. The summed E-state index contributed by atoms with van der Waals surface area (Å²) in [4.78, 5) is 28.6. The molecule has 2 aromatic rings. The first kappa shape index (κ1) is 22.6. The van der Waals surface area contributed by atoms with Gasteiger partial charge in [0, 0.05) is 62.8 Å². The monoisotopic (exact) mass is 427 g/mol. The highest BCUT2D eigenvalue weighted by atomic mass is 32.2. The summed E-state index contributed by atoms with van der Waals surface area (Å²) in [6.07, 6.45) is 0.894. The first-order valence-corrected chi connectivity index (χ1v) is 11.8.